The highest BCUT2D eigenvalue weighted by Gasteiger charge is 2.27. The Hall–Kier alpha value is -1.10. The van der Waals surface area contributed by atoms with E-state index in [0.29, 0.717) is 19.1 Å². The molecule has 0 saturated carbocycles. The van der Waals surface area contributed by atoms with Crippen LogP contribution in [0.25, 0.3) is 0 Å². The molecule has 1 saturated heterocycles. The molecular formula is C14H27N3O2. The summed E-state index contributed by atoms with van der Waals surface area (Å²) < 4.78 is 0. The van der Waals surface area contributed by atoms with Gasteiger partial charge < -0.3 is 15.1 Å². The van der Waals surface area contributed by atoms with Crippen molar-refractivity contribution in [3.8, 4) is 0 Å². The second-order valence-corrected chi connectivity index (χ2v) is 5.31. The van der Waals surface area contributed by atoms with Crippen molar-refractivity contribution in [3.63, 3.8) is 0 Å². The number of rotatable bonds is 5. The Kier molecular flexibility index (Phi) is 6.28. The van der Waals surface area contributed by atoms with Crippen LogP contribution in [0.15, 0.2) is 0 Å². The van der Waals surface area contributed by atoms with Crippen LogP contribution in [-0.2, 0) is 9.59 Å². The van der Waals surface area contributed by atoms with Crippen LogP contribution in [0.5, 0.6) is 0 Å². The molecule has 0 aliphatic carbocycles. The molecule has 2 amide bonds. The van der Waals surface area contributed by atoms with E-state index >= 15 is 0 Å². The second kappa shape index (κ2) is 7.48. The smallest absolute Gasteiger partial charge is 0.242 e. The second-order valence-electron chi connectivity index (χ2n) is 5.31. The fraction of sp³-hybridized carbons (Fsp3) is 0.857. The summed E-state index contributed by atoms with van der Waals surface area (Å²) in [5.74, 6) is 0.0526. The van der Waals surface area contributed by atoms with Gasteiger partial charge in [0.2, 0.25) is 11.8 Å². The number of amides is 2. The van der Waals surface area contributed by atoms with Crippen molar-refractivity contribution in [1.29, 1.82) is 0 Å². The zero-order valence-electron chi connectivity index (χ0n) is 12.6. The number of carbonyl (C=O) groups excluding carboxylic acids is 2. The Bertz CT molecular complexity index is 316. The average Bonchev–Trinajstić information content (AvgIpc) is 2.39. The minimum atomic E-state index is -0.127. The standard InChI is InChI=1S/C14H27N3O2/c1-5-17(6-2)13(18)10-16(4)14(19)12-9-7-8-11(3)15-12/h11-12,15H,5-10H2,1-4H3. The summed E-state index contributed by atoms with van der Waals surface area (Å²) in [7, 11) is 1.71. The quantitative estimate of drug-likeness (QED) is 0.805. The van der Waals surface area contributed by atoms with Crippen molar-refractivity contribution in [2.45, 2.75) is 52.1 Å². The lowest BCUT2D eigenvalue weighted by atomic mass is 9.99. The molecular weight excluding hydrogens is 242 g/mol. The van der Waals surface area contributed by atoms with Gasteiger partial charge in [-0.2, -0.15) is 0 Å². The fourth-order valence-corrected chi connectivity index (χ4v) is 2.56. The third-order valence-corrected chi connectivity index (χ3v) is 3.78. The molecule has 5 nitrogen and oxygen atoms in total. The molecule has 0 spiro atoms. The number of nitrogens with one attached hydrogen (secondary N) is 1. The van der Waals surface area contributed by atoms with Crippen molar-refractivity contribution < 1.29 is 9.59 Å². The van der Waals surface area contributed by atoms with Crippen molar-refractivity contribution >= 4 is 11.8 Å². The zero-order valence-corrected chi connectivity index (χ0v) is 12.6. The largest absolute Gasteiger partial charge is 0.342 e. The number of hydrogen-bond donors (Lipinski definition) is 1. The van der Waals surface area contributed by atoms with Crippen LogP contribution in [0.2, 0.25) is 0 Å². The zero-order chi connectivity index (χ0) is 14.4. The average molecular weight is 269 g/mol. The molecule has 1 aliphatic heterocycles. The van der Waals surface area contributed by atoms with Gasteiger partial charge in [0, 0.05) is 26.2 Å². The molecule has 1 heterocycles. The van der Waals surface area contributed by atoms with Crippen LogP contribution in [0.1, 0.15) is 40.0 Å². The summed E-state index contributed by atoms with van der Waals surface area (Å²) in [5, 5.41) is 3.31. The van der Waals surface area contributed by atoms with E-state index in [1.54, 1.807) is 16.8 Å². The molecule has 0 bridgehead atoms. The molecule has 2 unspecified atom stereocenters. The molecule has 0 aromatic carbocycles. The lowest BCUT2D eigenvalue weighted by Gasteiger charge is -2.31. The van der Waals surface area contributed by atoms with Crippen LogP contribution in [0, 0.1) is 0 Å². The van der Waals surface area contributed by atoms with Gasteiger partial charge in [0.05, 0.1) is 12.6 Å². The maximum absolute atomic E-state index is 12.3. The first-order valence-electron chi connectivity index (χ1n) is 7.28. The maximum atomic E-state index is 12.3. The van der Waals surface area contributed by atoms with E-state index < -0.39 is 0 Å². The first kappa shape index (κ1) is 16.0. The normalized spacial score (nSPS) is 22.9. The Morgan fingerprint density at radius 1 is 1.21 bits per heavy atom. The van der Waals surface area contributed by atoms with Gasteiger partial charge in [-0.25, -0.2) is 0 Å². The number of carbonyl (C=O) groups is 2. The number of hydrogen-bond acceptors (Lipinski definition) is 3. The van der Waals surface area contributed by atoms with Crippen molar-refractivity contribution in [2.24, 2.45) is 0 Å². The monoisotopic (exact) mass is 269 g/mol. The first-order valence-corrected chi connectivity index (χ1v) is 7.28. The van der Waals surface area contributed by atoms with E-state index in [2.05, 4.69) is 12.2 Å². The van der Waals surface area contributed by atoms with Crippen molar-refractivity contribution in [3.05, 3.63) is 0 Å². The third kappa shape index (κ3) is 4.49. The van der Waals surface area contributed by atoms with Crippen LogP contribution in [0.4, 0.5) is 0 Å². The summed E-state index contributed by atoms with van der Waals surface area (Å²) in [6, 6.07) is 0.257. The van der Waals surface area contributed by atoms with E-state index in [1.165, 1.54) is 0 Å². The molecule has 1 aliphatic rings. The molecule has 5 heteroatoms. The van der Waals surface area contributed by atoms with E-state index in [4.69, 9.17) is 0 Å². The summed E-state index contributed by atoms with van der Waals surface area (Å²) >= 11 is 0. The van der Waals surface area contributed by atoms with Crippen LogP contribution in [0.3, 0.4) is 0 Å². The van der Waals surface area contributed by atoms with Gasteiger partial charge in [0.1, 0.15) is 0 Å². The summed E-state index contributed by atoms with van der Waals surface area (Å²) in [6.45, 7) is 7.56. The highest BCUT2D eigenvalue weighted by molar-refractivity contribution is 5.87. The third-order valence-electron chi connectivity index (χ3n) is 3.78. The highest BCUT2D eigenvalue weighted by Crippen LogP contribution is 2.13. The van der Waals surface area contributed by atoms with Crippen molar-refractivity contribution in [1.82, 2.24) is 15.1 Å². The first-order chi connectivity index (χ1) is 8.99. The lowest BCUT2D eigenvalue weighted by molar-refractivity contribution is -0.140. The van der Waals surface area contributed by atoms with E-state index in [0.717, 1.165) is 19.3 Å². The fourth-order valence-electron chi connectivity index (χ4n) is 2.56. The van der Waals surface area contributed by atoms with Gasteiger partial charge in [-0.15, -0.1) is 0 Å². The van der Waals surface area contributed by atoms with Crippen LogP contribution >= 0.6 is 0 Å². The molecule has 1 rings (SSSR count). The minimum absolute atomic E-state index is 0.0182. The van der Waals surface area contributed by atoms with Crippen LogP contribution < -0.4 is 5.32 Å². The molecule has 19 heavy (non-hydrogen) atoms. The van der Waals surface area contributed by atoms with Gasteiger partial charge in [-0.05, 0) is 40.0 Å². The summed E-state index contributed by atoms with van der Waals surface area (Å²) in [4.78, 5) is 27.6. The van der Waals surface area contributed by atoms with Gasteiger partial charge in [0.15, 0.2) is 0 Å². The molecule has 1 fully saturated rings. The van der Waals surface area contributed by atoms with Gasteiger partial charge in [-0.3, -0.25) is 9.59 Å². The number of nitrogens with zero attached hydrogens (tertiary/aromatic N) is 2. The van der Waals surface area contributed by atoms with E-state index in [9.17, 15) is 9.59 Å². The Morgan fingerprint density at radius 2 is 1.84 bits per heavy atom. The topological polar surface area (TPSA) is 52.7 Å². The lowest BCUT2D eigenvalue weighted by Crippen LogP contribution is -2.52. The molecule has 2 atom stereocenters. The Morgan fingerprint density at radius 3 is 2.37 bits per heavy atom. The van der Waals surface area contributed by atoms with Crippen LogP contribution in [-0.4, -0.2) is 60.4 Å². The van der Waals surface area contributed by atoms with Gasteiger partial charge in [0.25, 0.3) is 0 Å². The predicted octanol–water partition coefficient (Wildman–Crippen LogP) is 0.844. The maximum Gasteiger partial charge on any atom is 0.242 e. The predicted molar refractivity (Wildman–Crippen MR) is 75.8 cm³/mol. The minimum Gasteiger partial charge on any atom is -0.342 e. The molecule has 0 radical (unpaired) electrons. The molecule has 0 aromatic rings. The number of piperidine rings is 1. The van der Waals surface area contributed by atoms with Gasteiger partial charge in [-0.1, -0.05) is 0 Å². The molecule has 110 valence electrons. The SMILES string of the molecule is CCN(CC)C(=O)CN(C)C(=O)C1CCCC(C)N1. The summed E-state index contributed by atoms with van der Waals surface area (Å²) in [5.41, 5.74) is 0. The van der Waals surface area contributed by atoms with E-state index in [-0.39, 0.29) is 24.4 Å². The Labute approximate surface area is 116 Å². The Balaban J connectivity index is 2.50. The number of likely N-dealkylation sites (N-methyl/N-ethyl adjacent to an activating group) is 2. The summed E-state index contributed by atoms with van der Waals surface area (Å²) in [6.07, 6.45) is 3.06. The van der Waals surface area contributed by atoms with Gasteiger partial charge >= 0.3 is 0 Å². The molecule has 1 N–H and O–H groups in total. The molecule has 0 aromatic heterocycles. The van der Waals surface area contributed by atoms with Crippen molar-refractivity contribution in [2.75, 3.05) is 26.7 Å². The highest BCUT2D eigenvalue weighted by atomic mass is 16.2. The van der Waals surface area contributed by atoms with E-state index in [1.807, 2.05) is 13.8 Å².